The Morgan fingerprint density at radius 1 is 1.37 bits per heavy atom. The second-order valence-electron chi connectivity index (χ2n) is 8.05. The van der Waals surface area contributed by atoms with Crippen molar-refractivity contribution in [2.45, 2.75) is 25.0 Å². The first-order valence-electron chi connectivity index (χ1n) is 10.9. The highest BCUT2D eigenvalue weighted by molar-refractivity contribution is 7.11. The Labute approximate surface area is 216 Å². The van der Waals surface area contributed by atoms with Gasteiger partial charge in [-0.3, -0.25) is 14.7 Å². The second kappa shape index (κ2) is 11.5. The van der Waals surface area contributed by atoms with E-state index in [0.29, 0.717) is 70.4 Å². The fourth-order valence-corrected chi connectivity index (χ4v) is 5.17. The number of amidine groups is 1. The van der Waals surface area contributed by atoms with Crippen LogP contribution in [0.3, 0.4) is 0 Å². The van der Waals surface area contributed by atoms with Crippen LogP contribution in [-0.4, -0.2) is 72.2 Å². The Balaban J connectivity index is 1.70. The molecule has 2 aliphatic rings. The van der Waals surface area contributed by atoms with Crippen molar-refractivity contribution in [3.8, 4) is 0 Å². The molecule has 3 heterocycles. The number of esters is 1. The smallest absolute Gasteiger partial charge is 0.338 e. The molecule has 2 aromatic rings. The van der Waals surface area contributed by atoms with Crippen molar-refractivity contribution in [1.29, 1.82) is 0 Å². The highest BCUT2D eigenvalue weighted by atomic mass is 35.5. The molecule has 12 heteroatoms. The third kappa shape index (κ3) is 6.20. The summed E-state index contributed by atoms with van der Waals surface area (Å²) in [6.45, 7) is 2.00. The molecule has 0 bridgehead atoms. The van der Waals surface area contributed by atoms with Gasteiger partial charge in [-0.15, -0.1) is 11.3 Å². The zero-order valence-electron chi connectivity index (χ0n) is 18.9. The largest absolute Gasteiger partial charge is 0.481 e. The predicted molar refractivity (Wildman–Crippen MR) is 133 cm³/mol. The van der Waals surface area contributed by atoms with Gasteiger partial charge in [0.05, 0.1) is 25.4 Å². The molecule has 2 unspecified atom stereocenters. The highest BCUT2D eigenvalue weighted by Crippen LogP contribution is 2.37. The number of thiazole rings is 1. The zero-order valence-corrected chi connectivity index (χ0v) is 21.2. The summed E-state index contributed by atoms with van der Waals surface area (Å²) in [5, 5.41) is 15.7. The van der Waals surface area contributed by atoms with Crippen LogP contribution in [-0.2, 0) is 19.1 Å². The van der Waals surface area contributed by atoms with Crippen molar-refractivity contribution >= 4 is 52.3 Å². The summed E-state index contributed by atoms with van der Waals surface area (Å²) in [5.41, 5.74) is 1.57. The lowest BCUT2D eigenvalue weighted by Crippen LogP contribution is -2.46. The molecule has 0 amide bonds. The van der Waals surface area contributed by atoms with E-state index in [-0.39, 0.29) is 12.5 Å². The molecule has 2 aliphatic heterocycles. The van der Waals surface area contributed by atoms with E-state index >= 15 is 0 Å². The van der Waals surface area contributed by atoms with Crippen LogP contribution < -0.4 is 5.32 Å². The van der Waals surface area contributed by atoms with Crippen LogP contribution in [0.4, 0.5) is 0 Å². The van der Waals surface area contributed by atoms with Gasteiger partial charge in [0.2, 0.25) is 0 Å². The van der Waals surface area contributed by atoms with Gasteiger partial charge in [-0.05, 0) is 18.6 Å². The molecular formula is C23H24Cl2N4O5S. The second-order valence-corrected chi connectivity index (χ2v) is 9.79. The number of methoxy groups -OCH3 is 1. The Morgan fingerprint density at radius 3 is 2.89 bits per heavy atom. The first-order chi connectivity index (χ1) is 16.9. The molecule has 1 aromatic heterocycles. The number of aliphatic carboxylic acids is 1. The van der Waals surface area contributed by atoms with E-state index in [2.05, 4.69) is 15.2 Å². The molecule has 186 valence electrons. The zero-order chi connectivity index (χ0) is 24.9. The van der Waals surface area contributed by atoms with Crippen molar-refractivity contribution in [2.24, 2.45) is 4.99 Å². The molecule has 0 spiro atoms. The number of carbonyl (C=O) groups excluding carboxylic acids is 1. The molecule has 0 radical (unpaired) electrons. The monoisotopic (exact) mass is 538 g/mol. The Bertz CT molecular complexity index is 1150. The van der Waals surface area contributed by atoms with Crippen molar-refractivity contribution < 1.29 is 24.2 Å². The number of morpholine rings is 1. The number of carboxylic acid groups (broad SMARTS) is 1. The summed E-state index contributed by atoms with van der Waals surface area (Å²) in [6.07, 6.45) is 1.92. The predicted octanol–water partition coefficient (Wildman–Crippen LogP) is 3.53. The van der Waals surface area contributed by atoms with Crippen LogP contribution in [0.2, 0.25) is 10.0 Å². The molecule has 4 rings (SSSR count). The number of hydrogen-bond donors (Lipinski definition) is 2. The van der Waals surface area contributed by atoms with Gasteiger partial charge in [-0.2, -0.15) is 0 Å². The fraction of sp³-hybridized carbons (Fsp3) is 0.391. The van der Waals surface area contributed by atoms with Crippen LogP contribution in [0.1, 0.15) is 29.5 Å². The summed E-state index contributed by atoms with van der Waals surface area (Å²) in [4.78, 5) is 35.3. The average Bonchev–Trinajstić information content (AvgIpc) is 3.37. The van der Waals surface area contributed by atoms with Crippen LogP contribution in [0.25, 0.3) is 0 Å². The number of ether oxygens (including phenoxy) is 2. The molecule has 1 aromatic carbocycles. The van der Waals surface area contributed by atoms with Gasteiger partial charge < -0.3 is 19.9 Å². The first-order valence-corrected chi connectivity index (χ1v) is 12.6. The number of benzene rings is 1. The third-order valence-electron chi connectivity index (χ3n) is 5.71. The van der Waals surface area contributed by atoms with Crippen LogP contribution in [0.5, 0.6) is 0 Å². The number of aliphatic imine (C=N–C) groups is 1. The topological polar surface area (TPSA) is 113 Å². The summed E-state index contributed by atoms with van der Waals surface area (Å²) in [7, 11) is 1.32. The lowest BCUT2D eigenvalue weighted by Gasteiger charge is -2.35. The van der Waals surface area contributed by atoms with E-state index in [1.807, 2.05) is 5.38 Å². The summed E-state index contributed by atoms with van der Waals surface area (Å²) < 4.78 is 10.9. The minimum Gasteiger partial charge on any atom is -0.481 e. The Kier molecular flexibility index (Phi) is 8.40. The molecule has 1 saturated heterocycles. The molecule has 1 fully saturated rings. The summed E-state index contributed by atoms with van der Waals surface area (Å²) in [5.74, 6) is -0.863. The number of carbonyl (C=O) groups is 2. The molecule has 0 aliphatic carbocycles. The number of carboxylic acids is 1. The first kappa shape index (κ1) is 25.6. The Hall–Kier alpha value is -2.50. The molecule has 35 heavy (non-hydrogen) atoms. The van der Waals surface area contributed by atoms with Crippen molar-refractivity contribution in [2.75, 3.05) is 33.4 Å². The fourth-order valence-electron chi connectivity index (χ4n) is 4.07. The number of aromatic nitrogens is 1. The molecule has 0 saturated carbocycles. The standard InChI is InChI=1S/C23H24Cl2N4O5S/c1-33-23(32)19-17(12-29-7-8-34-14(11-29)3-5-18(30)31)27-21(22-26-6-9-35-22)28-20(19)15-4-2-13(24)10-16(15)25/h2,4,6,9-10,14,20H,3,5,7-8,11-12H2,1H3,(H,27,28)(H,30,31). The van der Waals surface area contributed by atoms with E-state index in [4.69, 9.17) is 42.8 Å². The summed E-state index contributed by atoms with van der Waals surface area (Å²) >= 11 is 14.1. The minimum absolute atomic E-state index is 0.0326. The molecular weight excluding hydrogens is 515 g/mol. The summed E-state index contributed by atoms with van der Waals surface area (Å²) in [6, 6.07) is 4.34. The minimum atomic E-state index is -0.859. The van der Waals surface area contributed by atoms with Crippen LogP contribution in [0, 0.1) is 0 Å². The van der Waals surface area contributed by atoms with Gasteiger partial charge >= 0.3 is 11.9 Å². The van der Waals surface area contributed by atoms with E-state index in [9.17, 15) is 9.59 Å². The van der Waals surface area contributed by atoms with E-state index in [1.165, 1.54) is 18.4 Å². The highest BCUT2D eigenvalue weighted by Gasteiger charge is 2.35. The van der Waals surface area contributed by atoms with Gasteiger partial charge in [-0.25, -0.2) is 9.78 Å². The lowest BCUT2D eigenvalue weighted by molar-refractivity contribution is -0.138. The van der Waals surface area contributed by atoms with Gasteiger partial charge in [0.15, 0.2) is 10.8 Å². The number of hydrogen-bond acceptors (Lipinski definition) is 9. The van der Waals surface area contributed by atoms with Crippen molar-refractivity contribution in [3.05, 3.63) is 61.7 Å². The van der Waals surface area contributed by atoms with Gasteiger partial charge in [0.1, 0.15) is 6.04 Å². The quantitative estimate of drug-likeness (QED) is 0.490. The lowest BCUT2D eigenvalue weighted by atomic mass is 9.95. The number of nitrogens with one attached hydrogen (secondary N) is 1. The van der Waals surface area contributed by atoms with Crippen LogP contribution in [0.15, 0.2) is 46.0 Å². The number of nitrogens with zero attached hydrogens (tertiary/aromatic N) is 3. The maximum atomic E-state index is 13.0. The van der Waals surface area contributed by atoms with E-state index < -0.39 is 18.0 Å². The number of halogens is 2. The molecule has 2 N–H and O–H groups in total. The van der Waals surface area contributed by atoms with Gasteiger partial charge in [0, 0.05) is 58.9 Å². The van der Waals surface area contributed by atoms with Gasteiger partial charge in [0.25, 0.3) is 0 Å². The average molecular weight is 539 g/mol. The van der Waals surface area contributed by atoms with Crippen LogP contribution >= 0.6 is 34.5 Å². The SMILES string of the molecule is COC(=O)C1=C(CN2CCOC(CCC(=O)O)C2)NC(c2nccs2)=NC1c1ccc(Cl)cc1Cl. The van der Waals surface area contributed by atoms with E-state index in [0.717, 1.165) is 0 Å². The van der Waals surface area contributed by atoms with Crippen molar-refractivity contribution in [1.82, 2.24) is 15.2 Å². The maximum absolute atomic E-state index is 13.0. The van der Waals surface area contributed by atoms with Gasteiger partial charge in [-0.1, -0.05) is 29.3 Å². The van der Waals surface area contributed by atoms with E-state index in [1.54, 1.807) is 24.4 Å². The molecule has 9 nitrogen and oxygen atoms in total. The Morgan fingerprint density at radius 2 is 2.20 bits per heavy atom. The maximum Gasteiger partial charge on any atom is 0.338 e. The number of rotatable bonds is 8. The van der Waals surface area contributed by atoms with Crippen molar-refractivity contribution in [3.63, 3.8) is 0 Å². The molecule has 2 atom stereocenters. The third-order valence-corrected chi connectivity index (χ3v) is 7.05. The normalized spacial score (nSPS) is 20.8.